The second-order valence-corrected chi connectivity index (χ2v) is 5.35. The molecule has 0 aliphatic heterocycles. The smallest absolute Gasteiger partial charge is 0.200 e. The summed E-state index contributed by atoms with van der Waals surface area (Å²) in [5.74, 6) is 0. The highest BCUT2D eigenvalue weighted by molar-refractivity contribution is 7.87. The Balaban J connectivity index is 2.41. The molecule has 0 amide bonds. The summed E-state index contributed by atoms with van der Waals surface area (Å²) in [7, 11) is -3.26. The zero-order valence-corrected chi connectivity index (χ0v) is 9.02. The van der Waals surface area contributed by atoms with E-state index in [2.05, 4.69) is 9.44 Å². The second kappa shape index (κ2) is 4.39. The molecule has 1 aliphatic rings. The van der Waals surface area contributed by atoms with Gasteiger partial charge < -0.3 is 0 Å². The van der Waals surface area contributed by atoms with Crippen LogP contribution in [-0.4, -0.2) is 20.5 Å². The lowest BCUT2D eigenvalue weighted by Gasteiger charge is -2.14. The van der Waals surface area contributed by atoms with Crippen molar-refractivity contribution in [2.45, 2.75) is 51.6 Å². The van der Waals surface area contributed by atoms with Crippen LogP contribution >= 0.6 is 0 Å². The minimum atomic E-state index is -3.26. The lowest BCUT2D eigenvalue weighted by Crippen LogP contribution is -2.44. The summed E-state index contributed by atoms with van der Waals surface area (Å²) in [6, 6.07) is 0.107. The first-order chi connectivity index (χ1) is 5.99. The third-order valence-corrected chi connectivity index (χ3v) is 3.49. The molecular weight excluding hydrogens is 188 g/mol. The van der Waals surface area contributed by atoms with E-state index < -0.39 is 10.2 Å². The predicted octanol–water partition coefficient (Wildman–Crippen LogP) is 0.761. The van der Waals surface area contributed by atoms with Gasteiger partial charge in [0.05, 0.1) is 0 Å². The predicted molar refractivity (Wildman–Crippen MR) is 52.6 cm³/mol. The highest BCUT2D eigenvalue weighted by Gasteiger charge is 2.21. The fourth-order valence-electron chi connectivity index (χ4n) is 1.61. The monoisotopic (exact) mass is 206 g/mol. The number of nitrogens with one attached hydrogen (secondary N) is 2. The first kappa shape index (κ1) is 10.9. The van der Waals surface area contributed by atoms with Crippen molar-refractivity contribution >= 4 is 10.2 Å². The van der Waals surface area contributed by atoms with Crippen molar-refractivity contribution in [3.8, 4) is 0 Å². The van der Waals surface area contributed by atoms with E-state index in [9.17, 15) is 8.42 Å². The molecule has 0 bridgehead atoms. The molecule has 0 aromatic carbocycles. The maximum Gasteiger partial charge on any atom is 0.277 e. The molecule has 0 radical (unpaired) electrons. The number of hydrogen-bond acceptors (Lipinski definition) is 2. The molecule has 1 fully saturated rings. The molecule has 4 nitrogen and oxygen atoms in total. The van der Waals surface area contributed by atoms with Crippen LogP contribution in [0.15, 0.2) is 0 Å². The van der Waals surface area contributed by atoms with Gasteiger partial charge in [0, 0.05) is 12.1 Å². The Morgan fingerprint density at radius 3 is 2.23 bits per heavy atom. The van der Waals surface area contributed by atoms with E-state index in [-0.39, 0.29) is 12.1 Å². The van der Waals surface area contributed by atoms with Gasteiger partial charge in [0.1, 0.15) is 0 Å². The Morgan fingerprint density at radius 1 is 1.23 bits per heavy atom. The van der Waals surface area contributed by atoms with Gasteiger partial charge in [-0.05, 0) is 26.7 Å². The molecule has 0 atom stereocenters. The van der Waals surface area contributed by atoms with Crippen LogP contribution in [0.2, 0.25) is 0 Å². The van der Waals surface area contributed by atoms with E-state index in [0.29, 0.717) is 0 Å². The van der Waals surface area contributed by atoms with Gasteiger partial charge in [-0.2, -0.15) is 17.9 Å². The van der Waals surface area contributed by atoms with Crippen LogP contribution in [0.3, 0.4) is 0 Å². The molecule has 1 rings (SSSR count). The molecule has 78 valence electrons. The summed E-state index contributed by atoms with van der Waals surface area (Å²) < 4.78 is 27.9. The fourth-order valence-corrected chi connectivity index (χ4v) is 2.97. The van der Waals surface area contributed by atoms with E-state index in [1.165, 1.54) is 0 Å². The van der Waals surface area contributed by atoms with Gasteiger partial charge in [-0.25, -0.2) is 0 Å². The van der Waals surface area contributed by atoms with Crippen molar-refractivity contribution in [3.63, 3.8) is 0 Å². The van der Waals surface area contributed by atoms with Crippen molar-refractivity contribution in [1.29, 1.82) is 0 Å². The zero-order valence-electron chi connectivity index (χ0n) is 8.21. The Labute approximate surface area is 80.3 Å². The van der Waals surface area contributed by atoms with E-state index in [4.69, 9.17) is 0 Å². The molecule has 0 aromatic heterocycles. The quantitative estimate of drug-likeness (QED) is 0.713. The molecule has 0 aromatic rings. The highest BCUT2D eigenvalue weighted by atomic mass is 32.2. The summed E-state index contributed by atoms with van der Waals surface area (Å²) in [5.41, 5.74) is 0. The molecular formula is C8H18N2O2S. The van der Waals surface area contributed by atoms with Crippen molar-refractivity contribution in [2.24, 2.45) is 0 Å². The lowest BCUT2D eigenvalue weighted by molar-refractivity contribution is 0.530. The molecule has 13 heavy (non-hydrogen) atoms. The normalized spacial score (nSPS) is 19.9. The second-order valence-electron chi connectivity index (χ2n) is 3.88. The van der Waals surface area contributed by atoms with Gasteiger partial charge in [0.25, 0.3) is 10.2 Å². The Bertz CT molecular complexity index is 243. The molecule has 1 aliphatic carbocycles. The summed E-state index contributed by atoms with van der Waals surface area (Å²) >= 11 is 0. The molecule has 0 unspecified atom stereocenters. The summed E-state index contributed by atoms with van der Waals surface area (Å²) in [6.45, 7) is 3.63. The molecule has 0 spiro atoms. The average Bonchev–Trinajstić information content (AvgIpc) is 2.34. The minimum absolute atomic E-state index is 0.0427. The summed E-state index contributed by atoms with van der Waals surface area (Å²) in [6.07, 6.45) is 4.21. The zero-order chi connectivity index (χ0) is 9.90. The standard InChI is InChI=1S/C8H18N2O2S/c1-7(2)9-13(11,12)10-8-5-3-4-6-8/h7-10H,3-6H2,1-2H3. The molecule has 0 heterocycles. The van der Waals surface area contributed by atoms with Gasteiger partial charge in [-0.3, -0.25) is 0 Å². The Hall–Kier alpha value is -0.130. The fraction of sp³-hybridized carbons (Fsp3) is 1.00. The van der Waals surface area contributed by atoms with Crippen LogP contribution in [0.5, 0.6) is 0 Å². The topological polar surface area (TPSA) is 58.2 Å². The van der Waals surface area contributed by atoms with Gasteiger partial charge in [-0.1, -0.05) is 12.8 Å². The van der Waals surface area contributed by atoms with Crippen LogP contribution in [0.1, 0.15) is 39.5 Å². The van der Waals surface area contributed by atoms with Gasteiger partial charge >= 0.3 is 0 Å². The first-order valence-corrected chi connectivity index (χ1v) is 6.27. The van der Waals surface area contributed by atoms with Crippen LogP contribution in [0, 0.1) is 0 Å². The summed E-state index contributed by atoms with van der Waals surface area (Å²) in [4.78, 5) is 0. The molecule has 2 N–H and O–H groups in total. The maximum atomic E-state index is 11.4. The molecule has 5 heteroatoms. The minimum Gasteiger partial charge on any atom is -0.200 e. The SMILES string of the molecule is CC(C)NS(=O)(=O)NC1CCCC1. The van der Waals surface area contributed by atoms with Crippen LogP contribution < -0.4 is 9.44 Å². The third-order valence-electron chi connectivity index (χ3n) is 2.07. The van der Waals surface area contributed by atoms with Gasteiger partial charge in [0.15, 0.2) is 0 Å². The third kappa shape index (κ3) is 4.06. The van der Waals surface area contributed by atoms with Gasteiger partial charge in [0.2, 0.25) is 0 Å². The van der Waals surface area contributed by atoms with Crippen LogP contribution in [0.25, 0.3) is 0 Å². The highest BCUT2D eigenvalue weighted by Crippen LogP contribution is 2.17. The van der Waals surface area contributed by atoms with Crippen molar-refractivity contribution in [2.75, 3.05) is 0 Å². The Kier molecular flexibility index (Phi) is 3.70. The summed E-state index contributed by atoms with van der Waals surface area (Å²) in [5, 5.41) is 0. The van der Waals surface area contributed by atoms with E-state index >= 15 is 0 Å². The van der Waals surface area contributed by atoms with Crippen molar-refractivity contribution in [1.82, 2.24) is 9.44 Å². The van der Waals surface area contributed by atoms with E-state index in [0.717, 1.165) is 25.7 Å². The van der Waals surface area contributed by atoms with Crippen molar-refractivity contribution < 1.29 is 8.42 Å². The van der Waals surface area contributed by atoms with E-state index in [1.807, 2.05) is 13.8 Å². The molecule has 1 saturated carbocycles. The average molecular weight is 206 g/mol. The number of hydrogen-bond donors (Lipinski definition) is 2. The number of rotatable bonds is 4. The van der Waals surface area contributed by atoms with Crippen molar-refractivity contribution in [3.05, 3.63) is 0 Å². The molecule has 0 saturated heterocycles. The Morgan fingerprint density at radius 2 is 1.77 bits per heavy atom. The first-order valence-electron chi connectivity index (χ1n) is 4.79. The van der Waals surface area contributed by atoms with Gasteiger partial charge in [-0.15, -0.1) is 0 Å². The largest absolute Gasteiger partial charge is 0.277 e. The lowest BCUT2D eigenvalue weighted by atomic mass is 10.3. The van der Waals surface area contributed by atoms with Crippen LogP contribution in [-0.2, 0) is 10.2 Å². The maximum absolute atomic E-state index is 11.4. The van der Waals surface area contributed by atoms with E-state index in [1.54, 1.807) is 0 Å². The van der Waals surface area contributed by atoms with Crippen LogP contribution in [0.4, 0.5) is 0 Å².